The minimum Gasteiger partial charge on any atom is -0.366 e. The molecule has 0 spiro atoms. The van der Waals surface area contributed by atoms with E-state index in [1.165, 1.54) is 38.5 Å². The van der Waals surface area contributed by atoms with E-state index >= 15 is 0 Å². The maximum absolute atomic E-state index is 11.8. The van der Waals surface area contributed by atoms with Gasteiger partial charge in [-0.25, -0.2) is 0 Å². The number of benzene rings is 1. The molecule has 2 N–H and O–H groups in total. The van der Waals surface area contributed by atoms with Crippen molar-refractivity contribution in [2.24, 2.45) is 5.73 Å². The highest BCUT2D eigenvalue weighted by atomic mass is 16.1. The minimum atomic E-state index is -0.322. The van der Waals surface area contributed by atoms with Gasteiger partial charge in [0.25, 0.3) is 0 Å². The summed E-state index contributed by atoms with van der Waals surface area (Å²) in [5.41, 5.74) is 7.43. The van der Waals surface area contributed by atoms with E-state index in [0.29, 0.717) is 18.0 Å². The van der Waals surface area contributed by atoms with Crippen molar-refractivity contribution in [2.45, 2.75) is 64.3 Å². The van der Waals surface area contributed by atoms with Crippen molar-refractivity contribution in [2.75, 3.05) is 14.1 Å². The number of carbonyl (C=O) groups is 1. The second-order valence-electron chi connectivity index (χ2n) is 7.20. The molecule has 144 valence electrons. The smallest absolute Gasteiger partial charge is 0.244 e. The van der Waals surface area contributed by atoms with Crippen molar-refractivity contribution in [3.8, 4) is 0 Å². The Morgan fingerprint density at radius 2 is 1.73 bits per heavy atom. The Morgan fingerprint density at radius 3 is 2.35 bits per heavy atom. The molecule has 0 aliphatic heterocycles. The minimum absolute atomic E-state index is 0.322. The lowest BCUT2D eigenvalue weighted by atomic mass is 9.98. The molecule has 0 radical (unpaired) electrons. The Hall–Kier alpha value is -1.87. The number of hydrogen-bond donors (Lipinski definition) is 1. The first-order chi connectivity index (χ1) is 12.5. The molecule has 0 saturated heterocycles. The van der Waals surface area contributed by atoms with Gasteiger partial charge in [0.2, 0.25) is 5.91 Å². The van der Waals surface area contributed by atoms with Gasteiger partial charge in [-0.3, -0.25) is 4.79 Å². The number of hydrogen-bond acceptors (Lipinski definition) is 2. The van der Waals surface area contributed by atoms with E-state index < -0.39 is 0 Å². The summed E-state index contributed by atoms with van der Waals surface area (Å²) in [5.74, 6) is -0.322. The quantitative estimate of drug-likeness (QED) is 0.301. The molecule has 3 heteroatoms. The molecule has 1 atom stereocenters. The first-order valence-electron chi connectivity index (χ1n) is 9.93. The molecule has 0 heterocycles. The number of nitrogens with two attached hydrogens (primary N) is 1. The number of nitrogens with zero attached hydrogens (tertiary/aromatic N) is 1. The van der Waals surface area contributed by atoms with E-state index in [-0.39, 0.29) is 5.91 Å². The summed E-state index contributed by atoms with van der Waals surface area (Å²) in [4.78, 5) is 14.1. The monoisotopic (exact) mass is 356 g/mol. The molecule has 0 aromatic heterocycles. The lowest BCUT2D eigenvalue weighted by Crippen LogP contribution is -2.30. The Morgan fingerprint density at radius 1 is 1.08 bits per heavy atom. The second-order valence-corrected chi connectivity index (χ2v) is 7.20. The molecule has 1 rings (SSSR count). The van der Waals surface area contributed by atoms with Crippen LogP contribution in [0.4, 0.5) is 0 Å². The normalized spacial score (nSPS) is 13.5. The standard InChI is InChI=1S/C23H36N2O/c1-4-5-6-7-8-12-18-22(25(2)3)19-21(23(24)26)17-13-16-20-14-10-9-11-15-20/h9-11,13-17,22H,4-8,12,18-19H2,1-3H3,(H2,24,26). The maximum Gasteiger partial charge on any atom is 0.244 e. The summed E-state index contributed by atoms with van der Waals surface area (Å²) < 4.78 is 0. The number of amides is 1. The number of rotatable bonds is 13. The second kappa shape index (κ2) is 13.3. The van der Waals surface area contributed by atoms with E-state index in [1.54, 1.807) is 0 Å². The van der Waals surface area contributed by atoms with Crippen LogP contribution in [0.5, 0.6) is 0 Å². The van der Waals surface area contributed by atoms with Gasteiger partial charge in [0.05, 0.1) is 0 Å². The molecule has 0 bridgehead atoms. The number of unbranched alkanes of at least 4 members (excludes halogenated alkanes) is 5. The molecule has 1 amide bonds. The molecule has 1 unspecified atom stereocenters. The number of carbonyl (C=O) groups excluding carboxylic acids is 1. The summed E-state index contributed by atoms with van der Waals surface area (Å²) in [6.07, 6.45) is 15.3. The van der Waals surface area contributed by atoms with E-state index in [9.17, 15) is 4.79 Å². The molecule has 0 aliphatic rings. The van der Waals surface area contributed by atoms with Gasteiger partial charge in [-0.2, -0.15) is 0 Å². The maximum atomic E-state index is 11.8. The van der Waals surface area contributed by atoms with Gasteiger partial charge in [-0.1, -0.05) is 94.0 Å². The zero-order valence-electron chi connectivity index (χ0n) is 16.8. The summed E-state index contributed by atoms with van der Waals surface area (Å²) in [7, 11) is 4.17. The van der Waals surface area contributed by atoms with Crippen molar-refractivity contribution in [3.63, 3.8) is 0 Å². The Bertz CT molecular complexity index is 561. The average Bonchev–Trinajstić information content (AvgIpc) is 2.62. The highest BCUT2D eigenvalue weighted by Crippen LogP contribution is 2.17. The van der Waals surface area contributed by atoms with Crippen LogP contribution in [0, 0.1) is 0 Å². The molecule has 26 heavy (non-hydrogen) atoms. The molecule has 0 aliphatic carbocycles. The molecular formula is C23H36N2O. The van der Waals surface area contributed by atoms with Gasteiger partial charge in [-0.15, -0.1) is 0 Å². The van der Waals surface area contributed by atoms with Gasteiger partial charge >= 0.3 is 0 Å². The first kappa shape index (κ1) is 22.2. The highest BCUT2D eigenvalue weighted by molar-refractivity contribution is 5.92. The fourth-order valence-electron chi connectivity index (χ4n) is 3.05. The van der Waals surface area contributed by atoms with Gasteiger partial charge in [0.15, 0.2) is 0 Å². The van der Waals surface area contributed by atoms with Crippen molar-refractivity contribution in [3.05, 3.63) is 53.6 Å². The van der Waals surface area contributed by atoms with Crippen LogP contribution in [0.3, 0.4) is 0 Å². The zero-order chi connectivity index (χ0) is 19.2. The van der Waals surface area contributed by atoms with Crippen LogP contribution in [0.1, 0.15) is 63.9 Å². The molecular weight excluding hydrogens is 320 g/mol. The van der Waals surface area contributed by atoms with Crippen LogP contribution in [-0.2, 0) is 4.79 Å². The molecule has 3 nitrogen and oxygen atoms in total. The van der Waals surface area contributed by atoms with Crippen LogP contribution >= 0.6 is 0 Å². The summed E-state index contributed by atoms with van der Waals surface area (Å²) in [5, 5.41) is 0. The van der Waals surface area contributed by atoms with Gasteiger partial charge < -0.3 is 10.6 Å². The van der Waals surface area contributed by atoms with E-state index in [0.717, 1.165) is 12.0 Å². The SMILES string of the molecule is CCCCCCCCC(CC(=CC=Cc1ccccc1)C(N)=O)N(C)C. The van der Waals surface area contributed by atoms with Crippen molar-refractivity contribution in [1.29, 1.82) is 0 Å². The predicted octanol–water partition coefficient (Wildman–Crippen LogP) is 5.18. The first-order valence-corrected chi connectivity index (χ1v) is 9.93. The van der Waals surface area contributed by atoms with Gasteiger partial charge in [0, 0.05) is 11.6 Å². The van der Waals surface area contributed by atoms with Crippen LogP contribution in [-0.4, -0.2) is 30.9 Å². The van der Waals surface area contributed by atoms with E-state index in [1.807, 2.05) is 48.6 Å². The van der Waals surface area contributed by atoms with Crippen LogP contribution in [0.15, 0.2) is 48.1 Å². The molecule has 0 fully saturated rings. The lowest BCUT2D eigenvalue weighted by Gasteiger charge is -2.24. The van der Waals surface area contributed by atoms with E-state index in [4.69, 9.17) is 5.73 Å². The number of allylic oxidation sites excluding steroid dienone is 2. The Kier molecular flexibility index (Phi) is 11.4. The average molecular weight is 357 g/mol. The van der Waals surface area contributed by atoms with Crippen molar-refractivity contribution < 1.29 is 4.79 Å². The third-order valence-electron chi connectivity index (χ3n) is 4.78. The molecule has 1 aromatic carbocycles. The number of primary amides is 1. The van der Waals surface area contributed by atoms with Crippen LogP contribution in [0.2, 0.25) is 0 Å². The topological polar surface area (TPSA) is 46.3 Å². The fraction of sp³-hybridized carbons (Fsp3) is 0.522. The largest absolute Gasteiger partial charge is 0.366 e. The highest BCUT2D eigenvalue weighted by Gasteiger charge is 2.16. The van der Waals surface area contributed by atoms with Crippen LogP contribution in [0.25, 0.3) is 6.08 Å². The van der Waals surface area contributed by atoms with E-state index in [2.05, 4.69) is 25.9 Å². The predicted molar refractivity (Wildman–Crippen MR) is 113 cm³/mol. The van der Waals surface area contributed by atoms with Gasteiger partial charge in [-0.05, 0) is 32.5 Å². The summed E-state index contributed by atoms with van der Waals surface area (Å²) in [6.45, 7) is 2.24. The van der Waals surface area contributed by atoms with Crippen LogP contribution < -0.4 is 5.73 Å². The summed E-state index contributed by atoms with van der Waals surface area (Å²) in [6, 6.07) is 10.4. The molecule has 1 aromatic rings. The molecule has 0 saturated carbocycles. The van der Waals surface area contributed by atoms with Crippen molar-refractivity contribution in [1.82, 2.24) is 4.90 Å². The lowest BCUT2D eigenvalue weighted by molar-refractivity contribution is -0.114. The third kappa shape index (κ3) is 9.57. The summed E-state index contributed by atoms with van der Waals surface area (Å²) >= 11 is 0. The Balaban J connectivity index is 2.59. The van der Waals surface area contributed by atoms with Gasteiger partial charge in [0.1, 0.15) is 0 Å². The fourth-order valence-corrected chi connectivity index (χ4v) is 3.05. The Labute approximate surface area is 160 Å². The van der Waals surface area contributed by atoms with Crippen molar-refractivity contribution >= 4 is 12.0 Å². The zero-order valence-corrected chi connectivity index (χ0v) is 16.8. The third-order valence-corrected chi connectivity index (χ3v) is 4.78.